The average molecular weight is 398 g/mol. The van der Waals surface area contributed by atoms with Crippen molar-refractivity contribution in [3.05, 3.63) is 101 Å². The molecule has 5 nitrogen and oxygen atoms in total. The number of hydrogen-bond donors (Lipinski definition) is 2. The summed E-state index contributed by atoms with van der Waals surface area (Å²) in [5, 5.41) is 6.63. The minimum atomic E-state index is -0.310. The Hall–Kier alpha value is -3.86. The second-order valence-corrected chi connectivity index (χ2v) is 7.24. The van der Waals surface area contributed by atoms with Crippen molar-refractivity contribution in [1.29, 1.82) is 0 Å². The van der Waals surface area contributed by atoms with Crippen molar-refractivity contribution in [2.24, 2.45) is 0 Å². The fourth-order valence-corrected chi connectivity index (χ4v) is 3.15. The lowest BCUT2D eigenvalue weighted by atomic mass is 10.1. The molecule has 0 bridgehead atoms. The molecule has 1 heterocycles. The number of carbonyl (C=O) groups excluding carboxylic acids is 2. The van der Waals surface area contributed by atoms with Crippen molar-refractivity contribution in [2.45, 2.75) is 19.9 Å². The van der Waals surface area contributed by atoms with Crippen molar-refractivity contribution in [1.82, 2.24) is 5.32 Å². The first-order valence-electron chi connectivity index (χ1n) is 9.78. The Morgan fingerprint density at radius 2 is 1.57 bits per heavy atom. The van der Waals surface area contributed by atoms with Gasteiger partial charge in [0.2, 0.25) is 5.91 Å². The molecule has 0 fully saturated rings. The van der Waals surface area contributed by atoms with E-state index in [4.69, 9.17) is 4.42 Å². The van der Waals surface area contributed by atoms with Crippen LogP contribution in [0.1, 0.15) is 27.2 Å². The number of benzene rings is 3. The fraction of sp³-hybridized carbons (Fsp3) is 0.120. The minimum Gasteiger partial charge on any atom is -0.451 e. The Balaban J connectivity index is 1.31. The molecule has 0 aliphatic heterocycles. The number of para-hydroxylation sites is 1. The number of nitrogens with one attached hydrogen (secondary N) is 2. The van der Waals surface area contributed by atoms with Gasteiger partial charge in [-0.15, -0.1) is 0 Å². The van der Waals surface area contributed by atoms with Gasteiger partial charge in [-0.05, 0) is 42.3 Å². The molecule has 2 N–H and O–H groups in total. The zero-order valence-corrected chi connectivity index (χ0v) is 16.6. The Morgan fingerprint density at radius 1 is 0.867 bits per heavy atom. The van der Waals surface area contributed by atoms with E-state index in [1.165, 1.54) is 5.56 Å². The fourth-order valence-electron chi connectivity index (χ4n) is 3.15. The summed E-state index contributed by atoms with van der Waals surface area (Å²) in [6.07, 6.45) is 0.281. The van der Waals surface area contributed by atoms with Gasteiger partial charge in [0, 0.05) is 17.6 Å². The molecule has 4 aromatic rings. The molecule has 150 valence electrons. The molecule has 0 saturated heterocycles. The van der Waals surface area contributed by atoms with Crippen molar-refractivity contribution in [3.63, 3.8) is 0 Å². The summed E-state index contributed by atoms with van der Waals surface area (Å²) in [5.74, 6) is -0.0970. The Morgan fingerprint density at radius 3 is 2.30 bits per heavy atom. The average Bonchev–Trinajstić information content (AvgIpc) is 3.19. The molecule has 2 amide bonds. The van der Waals surface area contributed by atoms with E-state index >= 15 is 0 Å². The van der Waals surface area contributed by atoms with Gasteiger partial charge in [-0.3, -0.25) is 9.59 Å². The molecule has 0 radical (unpaired) electrons. The highest BCUT2D eigenvalue weighted by molar-refractivity contribution is 6.04. The number of fused-ring (bicyclic) bond motifs is 1. The van der Waals surface area contributed by atoms with Crippen molar-refractivity contribution in [3.8, 4) is 0 Å². The van der Waals surface area contributed by atoms with E-state index < -0.39 is 0 Å². The van der Waals surface area contributed by atoms with Crippen LogP contribution < -0.4 is 10.6 Å². The van der Waals surface area contributed by atoms with Gasteiger partial charge < -0.3 is 15.1 Å². The quantitative estimate of drug-likeness (QED) is 0.488. The van der Waals surface area contributed by atoms with Gasteiger partial charge >= 0.3 is 0 Å². The van der Waals surface area contributed by atoms with Gasteiger partial charge in [0.15, 0.2) is 5.76 Å². The molecule has 0 atom stereocenters. The Labute approximate surface area is 174 Å². The molecule has 5 heteroatoms. The number of amides is 2. The smallest absolute Gasteiger partial charge is 0.291 e. The monoisotopic (exact) mass is 398 g/mol. The van der Waals surface area contributed by atoms with E-state index in [9.17, 15) is 9.59 Å². The Kier molecular flexibility index (Phi) is 5.61. The first-order valence-corrected chi connectivity index (χ1v) is 9.78. The van der Waals surface area contributed by atoms with Crippen LogP contribution in [0.15, 0.2) is 83.3 Å². The van der Waals surface area contributed by atoms with E-state index in [2.05, 4.69) is 10.6 Å². The topological polar surface area (TPSA) is 71.3 Å². The van der Waals surface area contributed by atoms with E-state index in [-0.39, 0.29) is 24.0 Å². The summed E-state index contributed by atoms with van der Waals surface area (Å²) in [5.41, 5.74) is 4.45. The predicted octanol–water partition coefficient (Wildman–Crippen LogP) is 4.85. The number of hydrogen-bond acceptors (Lipinski definition) is 3. The van der Waals surface area contributed by atoms with Crippen LogP contribution >= 0.6 is 0 Å². The third-order valence-electron chi connectivity index (χ3n) is 4.84. The summed E-state index contributed by atoms with van der Waals surface area (Å²) in [6.45, 7) is 2.54. The SMILES string of the molecule is Cc1ccc(CNC(=O)Cc2ccc(NC(=O)c3cc4ccccc4o3)cc2)cc1. The van der Waals surface area contributed by atoms with Crippen LogP contribution in [0.25, 0.3) is 11.0 Å². The lowest BCUT2D eigenvalue weighted by molar-refractivity contribution is -0.120. The van der Waals surface area contributed by atoms with Gasteiger partial charge in [-0.1, -0.05) is 60.2 Å². The molecule has 0 unspecified atom stereocenters. The summed E-state index contributed by atoms with van der Waals surface area (Å²) in [4.78, 5) is 24.6. The molecule has 1 aromatic heterocycles. The second-order valence-electron chi connectivity index (χ2n) is 7.24. The van der Waals surface area contributed by atoms with Gasteiger partial charge in [-0.2, -0.15) is 0 Å². The van der Waals surface area contributed by atoms with Crippen LogP contribution in [0, 0.1) is 6.92 Å². The number of aryl methyl sites for hydroxylation is 1. The third-order valence-corrected chi connectivity index (χ3v) is 4.84. The van der Waals surface area contributed by atoms with Gasteiger partial charge in [-0.25, -0.2) is 0 Å². The summed E-state index contributed by atoms with van der Waals surface area (Å²) < 4.78 is 5.58. The van der Waals surface area contributed by atoms with Crippen LogP contribution in [0.5, 0.6) is 0 Å². The van der Waals surface area contributed by atoms with E-state index in [1.807, 2.05) is 67.6 Å². The highest BCUT2D eigenvalue weighted by atomic mass is 16.3. The van der Waals surface area contributed by atoms with Crippen LogP contribution in [0.4, 0.5) is 5.69 Å². The molecule has 4 rings (SSSR count). The lowest BCUT2D eigenvalue weighted by Crippen LogP contribution is -2.24. The van der Waals surface area contributed by atoms with Crippen LogP contribution in [0.2, 0.25) is 0 Å². The van der Waals surface area contributed by atoms with Gasteiger partial charge in [0.25, 0.3) is 5.91 Å². The van der Waals surface area contributed by atoms with Crippen LogP contribution in [-0.4, -0.2) is 11.8 Å². The van der Waals surface area contributed by atoms with Crippen molar-refractivity contribution in [2.75, 3.05) is 5.32 Å². The van der Waals surface area contributed by atoms with E-state index in [0.717, 1.165) is 16.5 Å². The zero-order chi connectivity index (χ0) is 20.9. The van der Waals surface area contributed by atoms with Gasteiger partial charge in [0.05, 0.1) is 6.42 Å². The first kappa shape index (κ1) is 19.5. The van der Waals surface area contributed by atoms with Crippen molar-refractivity contribution < 1.29 is 14.0 Å². The van der Waals surface area contributed by atoms with E-state index in [0.29, 0.717) is 17.8 Å². The highest BCUT2D eigenvalue weighted by Gasteiger charge is 2.12. The van der Waals surface area contributed by atoms with E-state index in [1.54, 1.807) is 18.2 Å². The number of anilines is 1. The molecule has 0 spiro atoms. The second kappa shape index (κ2) is 8.66. The molecule has 0 aliphatic carbocycles. The van der Waals surface area contributed by atoms with Crippen LogP contribution in [-0.2, 0) is 17.8 Å². The molecule has 3 aromatic carbocycles. The van der Waals surface area contributed by atoms with Crippen LogP contribution in [0.3, 0.4) is 0 Å². The maximum atomic E-state index is 12.4. The van der Waals surface area contributed by atoms with Crippen molar-refractivity contribution >= 4 is 28.5 Å². The molecular formula is C25H22N2O3. The number of rotatable bonds is 6. The molecule has 0 aliphatic rings. The molecular weight excluding hydrogens is 376 g/mol. The maximum Gasteiger partial charge on any atom is 0.291 e. The predicted molar refractivity (Wildman–Crippen MR) is 117 cm³/mol. The maximum absolute atomic E-state index is 12.4. The first-order chi connectivity index (χ1) is 14.6. The number of carbonyl (C=O) groups is 2. The normalized spacial score (nSPS) is 10.7. The highest BCUT2D eigenvalue weighted by Crippen LogP contribution is 2.20. The minimum absolute atomic E-state index is 0.0466. The standard InChI is InChI=1S/C25H22N2O3/c1-17-6-8-19(9-7-17)16-26-24(28)14-18-10-12-21(13-11-18)27-25(29)23-15-20-4-2-3-5-22(20)30-23/h2-13,15H,14,16H2,1H3,(H,26,28)(H,27,29). The summed E-state index contributed by atoms with van der Waals surface area (Å²) in [6, 6.07) is 24.5. The third kappa shape index (κ3) is 4.75. The Bertz CT molecular complexity index is 1140. The molecule has 30 heavy (non-hydrogen) atoms. The van der Waals surface area contributed by atoms with Gasteiger partial charge in [0.1, 0.15) is 5.58 Å². The number of furan rings is 1. The zero-order valence-electron chi connectivity index (χ0n) is 16.6. The summed E-state index contributed by atoms with van der Waals surface area (Å²) in [7, 11) is 0. The largest absolute Gasteiger partial charge is 0.451 e. The molecule has 0 saturated carbocycles. The summed E-state index contributed by atoms with van der Waals surface area (Å²) >= 11 is 0. The lowest BCUT2D eigenvalue weighted by Gasteiger charge is -2.07.